The summed E-state index contributed by atoms with van der Waals surface area (Å²) in [5.74, 6) is -1.24. The predicted molar refractivity (Wildman–Crippen MR) is 99.8 cm³/mol. The maximum absolute atomic E-state index is 12.4. The zero-order valence-electron chi connectivity index (χ0n) is 14.5. The first kappa shape index (κ1) is 20.1. The van der Waals surface area contributed by atoms with Crippen molar-refractivity contribution in [2.75, 3.05) is 12.4 Å². The zero-order valence-corrected chi connectivity index (χ0v) is 15.3. The van der Waals surface area contributed by atoms with Gasteiger partial charge < -0.3 is 15.4 Å². The van der Waals surface area contributed by atoms with Crippen molar-refractivity contribution in [3.63, 3.8) is 0 Å². The summed E-state index contributed by atoms with van der Waals surface area (Å²) in [6.07, 6.45) is 1.01. The molecule has 0 spiro atoms. The van der Waals surface area contributed by atoms with Crippen molar-refractivity contribution in [1.82, 2.24) is 5.32 Å². The van der Waals surface area contributed by atoms with Crippen LogP contribution in [0.15, 0.2) is 71.3 Å². The molecular weight excluding hydrogens is 370 g/mol. The number of primary sulfonamides is 1. The van der Waals surface area contributed by atoms with Gasteiger partial charge in [0.1, 0.15) is 5.70 Å². The molecule has 0 saturated carbocycles. The van der Waals surface area contributed by atoms with Gasteiger partial charge in [-0.15, -0.1) is 0 Å². The van der Waals surface area contributed by atoms with Crippen molar-refractivity contribution in [1.29, 1.82) is 0 Å². The normalized spacial score (nSPS) is 11.6. The van der Waals surface area contributed by atoms with Crippen LogP contribution < -0.4 is 15.8 Å². The Morgan fingerprint density at radius 2 is 1.70 bits per heavy atom. The Balaban J connectivity index is 2.15. The van der Waals surface area contributed by atoms with Gasteiger partial charge in [-0.25, -0.2) is 18.4 Å². The van der Waals surface area contributed by atoms with E-state index in [0.29, 0.717) is 5.69 Å². The van der Waals surface area contributed by atoms with Crippen LogP contribution in [-0.2, 0) is 30.9 Å². The molecule has 0 radical (unpaired) electrons. The Labute approximate surface area is 157 Å². The van der Waals surface area contributed by atoms with E-state index < -0.39 is 21.9 Å². The quantitative estimate of drug-likeness (QED) is 0.481. The summed E-state index contributed by atoms with van der Waals surface area (Å²) < 4.78 is 27.2. The topological polar surface area (TPSA) is 128 Å². The van der Waals surface area contributed by atoms with Crippen LogP contribution in [0.3, 0.4) is 0 Å². The number of hydrogen-bond donors (Lipinski definition) is 3. The van der Waals surface area contributed by atoms with Gasteiger partial charge in [-0.1, -0.05) is 30.3 Å². The summed E-state index contributed by atoms with van der Waals surface area (Å²) in [7, 11) is -2.63. The molecule has 0 aromatic heterocycles. The molecule has 0 heterocycles. The van der Waals surface area contributed by atoms with Crippen LogP contribution in [0.1, 0.15) is 5.56 Å². The maximum atomic E-state index is 12.4. The first-order chi connectivity index (χ1) is 12.8. The molecule has 4 N–H and O–H groups in total. The highest BCUT2D eigenvalue weighted by Gasteiger charge is 2.13. The van der Waals surface area contributed by atoms with Crippen LogP contribution in [0, 0.1) is 0 Å². The highest BCUT2D eigenvalue weighted by molar-refractivity contribution is 7.89. The van der Waals surface area contributed by atoms with Crippen molar-refractivity contribution < 1.29 is 22.7 Å². The number of amides is 1. The van der Waals surface area contributed by atoms with Crippen molar-refractivity contribution in [3.8, 4) is 0 Å². The van der Waals surface area contributed by atoms with Crippen LogP contribution in [0.4, 0.5) is 5.69 Å². The minimum absolute atomic E-state index is 0.0545. The number of esters is 1. The van der Waals surface area contributed by atoms with Crippen LogP contribution in [0.5, 0.6) is 0 Å². The van der Waals surface area contributed by atoms with Crippen LogP contribution in [0.25, 0.3) is 0 Å². The number of anilines is 1. The second-order valence-electron chi connectivity index (χ2n) is 5.44. The first-order valence-corrected chi connectivity index (χ1v) is 9.36. The number of rotatable bonds is 7. The third-order valence-electron chi connectivity index (χ3n) is 3.47. The minimum atomic E-state index is -3.82. The lowest BCUT2D eigenvalue weighted by Gasteiger charge is -2.12. The fourth-order valence-electron chi connectivity index (χ4n) is 2.09. The Bertz CT molecular complexity index is 939. The number of methoxy groups -OCH3 is 1. The van der Waals surface area contributed by atoms with E-state index in [1.54, 1.807) is 0 Å². The average Bonchev–Trinajstić information content (AvgIpc) is 2.66. The highest BCUT2D eigenvalue weighted by Crippen LogP contribution is 2.15. The van der Waals surface area contributed by atoms with E-state index in [4.69, 9.17) is 5.14 Å². The van der Waals surface area contributed by atoms with Crippen molar-refractivity contribution in [2.45, 2.75) is 11.4 Å². The van der Waals surface area contributed by atoms with E-state index >= 15 is 0 Å². The van der Waals surface area contributed by atoms with Crippen molar-refractivity contribution >= 4 is 27.6 Å². The Hall–Kier alpha value is -3.17. The van der Waals surface area contributed by atoms with Gasteiger partial charge in [-0.2, -0.15) is 0 Å². The summed E-state index contributed by atoms with van der Waals surface area (Å²) in [5, 5.41) is 10.5. The monoisotopic (exact) mass is 389 g/mol. The van der Waals surface area contributed by atoms with Gasteiger partial charge in [0.25, 0.3) is 5.91 Å². The van der Waals surface area contributed by atoms with E-state index in [0.717, 1.165) is 11.6 Å². The molecule has 8 nitrogen and oxygen atoms in total. The summed E-state index contributed by atoms with van der Waals surface area (Å²) in [4.78, 5) is 23.9. The third kappa shape index (κ3) is 6.24. The minimum Gasteiger partial charge on any atom is -0.466 e. The molecule has 0 aliphatic heterocycles. The second kappa shape index (κ2) is 8.97. The lowest BCUT2D eigenvalue weighted by atomic mass is 10.2. The molecule has 1 amide bonds. The fraction of sp³-hybridized carbons (Fsp3) is 0.111. The molecule has 0 fully saturated rings. The summed E-state index contributed by atoms with van der Waals surface area (Å²) in [6, 6.07) is 14.7. The number of carbonyl (C=O) groups excluding carboxylic acids is 2. The van der Waals surface area contributed by atoms with E-state index in [1.807, 2.05) is 30.3 Å². The Kier molecular flexibility index (Phi) is 6.69. The summed E-state index contributed by atoms with van der Waals surface area (Å²) >= 11 is 0. The highest BCUT2D eigenvalue weighted by atomic mass is 32.2. The van der Waals surface area contributed by atoms with Crippen LogP contribution in [0.2, 0.25) is 0 Å². The molecule has 0 bridgehead atoms. The lowest BCUT2D eigenvalue weighted by Crippen LogP contribution is -2.28. The Morgan fingerprint density at radius 1 is 1.07 bits per heavy atom. The third-order valence-corrected chi connectivity index (χ3v) is 4.39. The molecule has 0 aliphatic carbocycles. The average molecular weight is 389 g/mol. The molecule has 9 heteroatoms. The van der Waals surface area contributed by atoms with Gasteiger partial charge >= 0.3 is 5.97 Å². The van der Waals surface area contributed by atoms with Crippen LogP contribution >= 0.6 is 0 Å². The number of nitrogens with two attached hydrogens (primary N) is 1. The number of sulfonamides is 1. The van der Waals surface area contributed by atoms with Crippen molar-refractivity contribution in [3.05, 3.63) is 71.9 Å². The van der Waals surface area contributed by atoms with E-state index in [-0.39, 0.29) is 17.1 Å². The fourth-order valence-corrected chi connectivity index (χ4v) is 2.61. The molecule has 27 heavy (non-hydrogen) atoms. The van der Waals surface area contributed by atoms with Crippen molar-refractivity contribution in [2.24, 2.45) is 5.14 Å². The SMILES string of the molecule is COC(=O)/C=C(\Nc1ccc(S(N)(=O)=O)cc1)C(=O)NCc1ccccc1. The number of hydrogen-bond acceptors (Lipinski definition) is 6. The number of benzene rings is 2. The van der Waals surface area contributed by atoms with Gasteiger partial charge in [0.15, 0.2) is 0 Å². The smallest absolute Gasteiger partial charge is 0.332 e. The predicted octanol–water partition coefficient (Wildman–Crippen LogP) is 1.12. The number of ether oxygens (including phenoxy) is 1. The molecule has 2 rings (SSSR count). The molecular formula is C18H19N3O5S. The standard InChI is InChI=1S/C18H19N3O5S/c1-26-17(22)11-16(18(23)20-12-13-5-3-2-4-6-13)21-14-7-9-15(10-8-14)27(19,24)25/h2-11,21H,12H2,1H3,(H,20,23)(H2,19,24,25)/b16-11-. The summed E-state index contributed by atoms with van der Waals surface area (Å²) in [5.41, 5.74) is 1.23. The molecule has 2 aromatic rings. The van der Waals surface area contributed by atoms with Gasteiger partial charge in [0.05, 0.1) is 18.1 Å². The molecule has 142 valence electrons. The van der Waals surface area contributed by atoms with Crippen LogP contribution in [-0.4, -0.2) is 27.4 Å². The molecule has 0 unspecified atom stereocenters. The van der Waals surface area contributed by atoms with E-state index in [9.17, 15) is 18.0 Å². The largest absolute Gasteiger partial charge is 0.466 e. The molecule has 0 saturated heterocycles. The van der Waals surface area contributed by atoms with Gasteiger partial charge in [0.2, 0.25) is 10.0 Å². The number of carbonyl (C=O) groups is 2. The lowest BCUT2D eigenvalue weighted by molar-refractivity contribution is -0.135. The van der Waals surface area contributed by atoms with Gasteiger partial charge in [0, 0.05) is 12.2 Å². The molecule has 0 aliphatic rings. The summed E-state index contributed by atoms with van der Waals surface area (Å²) in [6.45, 7) is 0.268. The maximum Gasteiger partial charge on any atom is 0.332 e. The molecule has 2 aromatic carbocycles. The van der Waals surface area contributed by atoms with E-state index in [1.165, 1.54) is 31.4 Å². The van der Waals surface area contributed by atoms with Gasteiger partial charge in [-0.3, -0.25) is 4.79 Å². The molecule has 0 atom stereocenters. The first-order valence-electron chi connectivity index (χ1n) is 7.81. The van der Waals surface area contributed by atoms with Gasteiger partial charge in [-0.05, 0) is 29.8 Å². The van der Waals surface area contributed by atoms with E-state index in [2.05, 4.69) is 15.4 Å². The number of nitrogens with one attached hydrogen (secondary N) is 2. The Morgan fingerprint density at radius 3 is 2.26 bits per heavy atom. The zero-order chi connectivity index (χ0) is 19.9. The second-order valence-corrected chi connectivity index (χ2v) is 7.01.